The Bertz CT molecular complexity index is 344. The molecule has 0 spiro atoms. The summed E-state index contributed by atoms with van der Waals surface area (Å²) in [6.07, 6.45) is -0.377. The fourth-order valence-electron chi connectivity index (χ4n) is 1.19. The van der Waals surface area contributed by atoms with Gasteiger partial charge in [-0.25, -0.2) is 4.79 Å². The number of rotatable bonds is 3. The van der Waals surface area contributed by atoms with E-state index in [0.29, 0.717) is 6.61 Å². The average molecular weight is 228 g/mol. The molecule has 0 unspecified atom stereocenters. The zero-order chi connectivity index (χ0) is 12.2. The number of hydrogen-bond donors (Lipinski definition) is 1. The highest BCUT2D eigenvalue weighted by molar-refractivity contribution is 6.42. The molecule has 16 heavy (non-hydrogen) atoms. The highest BCUT2D eigenvalue weighted by Gasteiger charge is 2.33. The van der Waals surface area contributed by atoms with Gasteiger partial charge in [-0.3, -0.25) is 0 Å². The molecule has 0 aromatic rings. The summed E-state index contributed by atoms with van der Waals surface area (Å²) in [4.78, 5) is 11.1. The van der Waals surface area contributed by atoms with Crippen molar-refractivity contribution >= 4 is 11.7 Å². The monoisotopic (exact) mass is 228 g/mol. The van der Waals surface area contributed by atoms with Crippen LogP contribution in [0.5, 0.6) is 0 Å². The average Bonchev–Trinajstić information content (AvgIpc) is 2.57. The van der Waals surface area contributed by atoms with Gasteiger partial charge in [0.15, 0.2) is 5.79 Å². The second kappa shape index (κ2) is 4.92. The normalized spacial score (nSPS) is 23.8. The van der Waals surface area contributed by atoms with Crippen LogP contribution >= 0.6 is 0 Å². The number of ether oxygens (including phenoxy) is 3. The third kappa shape index (κ3) is 3.18. The molecule has 7 nitrogen and oxygen atoms in total. The van der Waals surface area contributed by atoms with Crippen molar-refractivity contribution in [3.05, 3.63) is 0 Å². The minimum atomic E-state index is -0.988. The van der Waals surface area contributed by atoms with Crippen molar-refractivity contribution in [1.82, 2.24) is 0 Å². The fourth-order valence-corrected chi connectivity index (χ4v) is 1.19. The van der Waals surface area contributed by atoms with Crippen LogP contribution in [0, 0.1) is 11.3 Å². The van der Waals surface area contributed by atoms with E-state index in [-0.39, 0.29) is 12.7 Å². The van der Waals surface area contributed by atoms with Gasteiger partial charge in [-0.15, -0.1) is 0 Å². The Kier molecular flexibility index (Phi) is 3.82. The van der Waals surface area contributed by atoms with Crippen molar-refractivity contribution in [3.8, 4) is 6.07 Å². The lowest BCUT2D eigenvalue weighted by atomic mass is 10.4. The number of nitrogens with zero attached hydrogens (tertiary/aromatic N) is 2. The molecule has 1 heterocycles. The summed E-state index contributed by atoms with van der Waals surface area (Å²) in [7, 11) is 0. The molecule has 1 aliphatic heterocycles. The molecule has 0 aromatic carbocycles. The molecule has 0 aliphatic carbocycles. The number of carbonyl (C=O) groups excluding carboxylic acids is 1. The predicted octanol–water partition coefficient (Wildman–Crippen LogP) is 0.0349. The van der Waals surface area contributed by atoms with Gasteiger partial charge in [0.05, 0.1) is 6.61 Å². The maximum Gasteiger partial charge on any atom is 0.371 e. The third-order valence-electron chi connectivity index (χ3n) is 1.87. The van der Waals surface area contributed by atoms with Crippen molar-refractivity contribution in [1.29, 1.82) is 5.26 Å². The minimum absolute atomic E-state index is 0.0526. The molecule has 0 radical (unpaired) electrons. The zero-order valence-corrected chi connectivity index (χ0v) is 8.97. The van der Waals surface area contributed by atoms with Crippen LogP contribution in [-0.2, 0) is 19.0 Å². The Hall–Kier alpha value is -1.65. The van der Waals surface area contributed by atoms with Gasteiger partial charge in [-0.1, -0.05) is 5.16 Å². The van der Waals surface area contributed by atoms with E-state index in [1.165, 1.54) is 6.07 Å². The van der Waals surface area contributed by atoms with E-state index in [1.54, 1.807) is 13.8 Å². The predicted molar refractivity (Wildman–Crippen MR) is 50.7 cm³/mol. The van der Waals surface area contributed by atoms with Crippen LogP contribution in [0.3, 0.4) is 0 Å². The van der Waals surface area contributed by atoms with Crippen molar-refractivity contribution in [3.63, 3.8) is 0 Å². The molecule has 1 rings (SSSR count). The number of esters is 1. The Morgan fingerprint density at radius 1 is 1.75 bits per heavy atom. The molecule has 1 aliphatic rings. The Morgan fingerprint density at radius 2 is 2.44 bits per heavy atom. The maximum atomic E-state index is 11.1. The van der Waals surface area contributed by atoms with Crippen LogP contribution in [0.2, 0.25) is 0 Å². The summed E-state index contributed by atoms with van der Waals surface area (Å²) in [6.45, 7) is 3.73. The van der Waals surface area contributed by atoms with E-state index in [1.807, 2.05) is 0 Å². The van der Waals surface area contributed by atoms with E-state index < -0.39 is 17.5 Å². The second-order valence-corrected chi connectivity index (χ2v) is 3.61. The summed E-state index contributed by atoms with van der Waals surface area (Å²) in [5.74, 6) is -1.68. The Balaban J connectivity index is 2.37. The molecule has 0 amide bonds. The van der Waals surface area contributed by atoms with E-state index in [0.717, 1.165) is 0 Å². The van der Waals surface area contributed by atoms with Gasteiger partial charge in [-0.05, 0) is 13.8 Å². The molecule has 0 aromatic heterocycles. The van der Waals surface area contributed by atoms with Gasteiger partial charge in [-0.2, -0.15) is 5.26 Å². The van der Waals surface area contributed by atoms with Crippen LogP contribution in [0.25, 0.3) is 0 Å². The largest absolute Gasteiger partial charge is 0.457 e. The number of oxime groups is 1. The molecular weight excluding hydrogens is 216 g/mol. The molecule has 1 fully saturated rings. The molecule has 0 saturated carbocycles. The second-order valence-electron chi connectivity index (χ2n) is 3.61. The van der Waals surface area contributed by atoms with Crippen molar-refractivity contribution < 1.29 is 24.2 Å². The van der Waals surface area contributed by atoms with Crippen molar-refractivity contribution in [2.24, 2.45) is 5.16 Å². The topological polar surface area (TPSA) is 101 Å². The lowest BCUT2D eigenvalue weighted by molar-refractivity contribution is -0.153. The molecule has 88 valence electrons. The summed E-state index contributed by atoms with van der Waals surface area (Å²) in [6, 6.07) is 1.40. The van der Waals surface area contributed by atoms with Gasteiger partial charge in [0, 0.05) is 0 Å². The lowest BCUT2D eigenvalue weighted by Crippen LogP contribution is -2.27. The zero-order valence-electron chi connectivity index (χ0n) is 8.97. The number of carbonyl (C=O) groups is 1. The first-order valence-corrected chi connectivity index (χ1v) is 4.59. The van der Waals surface area contributed by atoms with Gasteiger partial charge >= 0.3 is 5.97 Å². The molecule has 1 saturated heterocycles. The minimum Gasteiger partial charge on any atom is -0.457 e. The fraction of sp³-hybridized carbons (Fsp3) is 0.667. The highest BCUT2D eigenvalue weighted by Crippen LogP contribution is 2.22. The Labute approximate surface area is 92.2 Å². The molecular formula is C9H12N2O5. The standard InChI is InChI=1S/C9H12N2O5/c1-9(2)15-5-6(16-9)4-14-8(12)7(3-10)11-13/h6,13H,4-5H2,1-2H3/b11-7+/t6-/m1/s1. The number of nitriles is 1. The van der Waals surface area contributed by atoms with Crippen LogP contribution in [-0.4, -0.2) is 42.0 Å². The van der Waals surface area contributed by atoms with E-state index in [9.17, 15) is 4.79 Å². The SMILES string of the molecule is CC1(C)OC[C@@H](COC(=O)/C(C#N)=N/O)O1. The third-order valence-corrected chi connectivity index (χ3v) is 1.87. The van der Waals surface area contributed by atoms with E-state index >= 15 is 0 Å². The molecule has 7 heteroatoms. The summed E-state index contributed by atoms with van der Waals surface area (Å²) >= 11 is 0. The number of hydrogen-bond acceptors (Lipinski definition) is 7. The van der Waals surface area contributed by atoms with E-state index in [4.69, 9.17) is 24.7 Å². The quantitative estimate of drug-likeness (QED) is 0.316. The van der Waals surface area contributed by atoms with Crippen molar-refractivity contribution in [2.75, 3.05) is 13.2 Å². The summed E-state index contributed by atoms with van der Waals surface area (Å²) in [5.41, 5.74) is -0.696. The molecule has 1 atom stereocenters. The van der Waals surface area contributed by atoms with Crippen molar-refractivity contribution in [2.45, 2.75) is 25.7 Å². The Morgan fingerprint density at radius 3 is 2.88 bits per heavy atom. The first-order valence-electron chi connectivity index (χ1n) is 4.59. The maximum absolute atomic E-state index is 11.1. The van der Waals surface area contributed by atoms with Gasteiger partial charge in [0.25, 0.3) is 5.71 Å². The van der Waals surface area contributed by atoms with Gasteiger partial charge in [0.2, 0.25) is 0 Å². The highest BCUT2D eigenvalue weighted by atomic mass is 16.7. The van der Waals surface area contributed by atoms with Crippen LogP contribution in [0.15, 0.2) is 5.16 Å². The van der Waals surface area contributed by atoms with Crippen LogP contribution in [0.1, 0.15) is 13.8 Å². The van der Waals surface area contributed by atoms with Gasteiger partial charge in [0.1, 0.15) is 18.8 Å². The van der Waals surface area contributed by atoms with Crippen LogP contribution < -0.4 is 0 Å². The molecule has 1 N–H and O–H groups in total. The van der Waals surface area contributed by atoms with Crippen LogP contribution in [0.4, 0.5) is 0 Å². The first-order chi connectivity index (χ1) is 7.48. The van der Waals surface area contributed by atoms with Gasteiger partial charge < -0.3 is 19.4 Å². The summed E-state index contributed by atoms with van der Waals surface area (Å²) < 4.78 is 15.3. The lowest BCUT2D eigenvalue weighted by Gasteiger charge is -2.16. The first kappa shape index (κ1) is 12.4. The summed E-state index contributed by atoms with van der Waals surface area (Å²) in [5, 5.41) is 19.1. The smallest absolute Gasteiger partial charge is 0.371 e. The van der Waals surface area contributed by atoms with E-state index in [2.05, 4.69) is 5.16 Å². The molecule has 0 bridgehead atoms.